The van der Waals surface area contributed by atoms with Crippen LogP contribution in [0.15, 0.2) is 34.9 Å². The highest BCUT2D eigenvalue weighted by Crippen LogP contribution is 2.31. The smallest absolute Gasteiger partial charge is 0.135 e. The van der Waals surface area contributed by atoms with Gasteiger partial charge in [-0.2, -0.15) is 5.10 Å². The van der Waals surface area contributed by atoms with Gasteiger partial charge < -0.3 is 10.2 Å². The van der Waals surface area contributed by atoms with Crippen LogP contribution in [0.3, 0.4) is 0 Å². The average Bonchev–Trinajstić information content (AvgIpc) is 2.93. The summed E-state index contributed by atoms with van der Waals surface area (Å²) in [5, 5.41) is 5.85. The molecule has 19 heavy (non-hydrogen) atoms. The van der Waals surface area contributed by atoms with E-state index in [1.807, 2.05) is 44.4 Å². The number of rotatable bonds is 2. The van der Waals surface area contributed by atoms with Gasteiger partial charge in [0.05, 0.1) is 16.8 Å². The van der Waals surface area contributed by atoms with Gasteiger partial charge in [0.25, 0.3) is 0 Å². The first-order valence-corrected chi connectivity index (χ1v) is 6.37. The molecule has 4 nitrogen and oxygen atoms in total. The Labute approximate surface area is 115 Å². The second kappa shape index (κ2) is 4.40. The SMILES string of the molecule is Cc1nn(C)cc1C(N)c1cc2c(Cl)cccc2o1. The first-order valence-electron chi connectivity index (χ1n) is 6.00. The quantitative estimate of drug-likeness (QED) is 0.781. The molecule has 5 heteroatoms. The lowest BCUT2D eigenvalue weighted by atomic mass is 10.1. The molecule has 1 unspecified atom stereocenters. The first kappa shape index (κ1) is 12.3. The van der Waals surface area contributed by atoms with Gasteiger partial charge in [0.1, 0.15) is 11.3 Å². The van der Waals surface area contributed by atoms with Crippen molar-refractivity contribution >= 4 is 22.6 Å². The van der Waals surface area contributed by atoms with E-state index >= 15 is 0 Å². The van der Waals surface area contributed by atoms with E-state index in [4.69, 9.17) is 21.8 Å². The summed E-state index contributed by atoms with van der Waals surface area (Å²) in [4.78, 5) is 0. The Bertz CT molecular complexity index is 744. The molecule has 0 aliphatic carbocycles. The maximum atomic E-state index is 6.25. The Morgan fingerprint density at radius 3 is 2.84 bits per heavy atom. The van der Waals surface area contributed by atoms with Crippen molar-refractivity contribution in [3.05, 3.63) is 52.5 Å². The second-order valence-corrected chi connectivity index (χ2v) is 5.03. The Balaban J connectivity index is 2.09. The Kier molecular flexibility index (Phi) is 2.84. The van der Waals surface area contributed by atoms with E-state index in [0.717, 1.165) is 22.2 Å². The van der Waals surface area contributed by atoms with Crippen molar-refractivity contribution in [3.8, 4) is 0 Å². The van der Waals surface area contributed by atoms with Crippen molar-refractivity contribution in [2.45, 2.75) is 13.0 Å². The number of aryl methyl sites for hydroxylation is 2. The van der Waals surface area contributed by atoms with Gasteiger partial charge in [0.2, 0.25) is 0 Å². The molecule has 2 heterocycles. The predicted molar refractivity (Wildman–Crippen MR) is 75.2 cm³/mol. The van der Waals surface area contributed by atoms with Crippen LogP contribution in [0.5, 0.6) is 0 Å². The lowest BCUT2D eigenvalue weighted by Crippen LogP contribution is -2.11. The molecule has 0 bridgehead atoms. The topological polar surface area (TPSA) is 57.0 Å². The van der Waals surface area contributed by atoms with Crippen LogP contribution < -0.4 is 5.73 Å². The molecule has 1 aromatic carbocycles. The molecular weight excluding hydrogens is 262 g/mol. The number of fused-ring (bicyclic) bond motifs is 1. The maximum Gasteiger partial charge on any atom is 0.135 e. The van der Waals surface area contributed by atoms with Crippen LogP contribution in [0.2, 0.25) is 5.02 Å². The molecule has 2 aromatic heterocycles. The normalized spacial score (nSPS) is 13.1. The Morgan fingerprint density at radius 2 is 2.21 bits per heavy atom. The molecule has 0 saturated carbocycles. The van der Waals surface area contributed by atoms with Gasteiger partial charge in [-0.3, -0.25) is 4.68 Å². The summed E-state index contributed by atoms with van der Waals surface area (Å²) in [6, 6.07) is 7.14. The minimum absolute atomic E-state index is 0.336. The zero-order valence-corrected chi connectivity index (χ0v) is 11.5. The number of nitrogens with two attached hydrogens (primary N) is 1. The van der Waals surface area contributed by atoms with Crippen LogP contribution in [0, 0.1) is 6.92 Å². The molecule has 0 saturated heterocycles. The summed E-state index contributed by atoms with van der Waals surface area (Å²) in [5.41, 5.74) is 8.86. The van der Waals surface area contributed by atoms with Gasteiger partial charge >= 0.3 is 0 Å². The third-order valence-electron chi connectivity index (χ3n) is 3.22. The molecule has 0 amide bonds. The van der Waals surface area contributed by atoms with E-state index in [0.29, 0.717) is 10.8 Å². The second-order valence-electron chi connectivity index (χ2n) is 4.62. The first-order chi connectivity index (χ1) is 9.06. The number of benzene rings is 1. The van der Waals surface area contributed by atoms with Crippen LogP contribution >= 0.6 is 11.6 Å². The van der Waals surface area contributed by atoms with Gasteiger partial charge in [-0.05, 0) is 25.1 Å². The van der Waals surface area contributed by atoms with Crippen molar-refractivity contribution in [1.82, 2.24) is 9.78 Å². The number of furan rings is 1. The van der Waals surface area contributed by atoms with Crippen LogP contribution in [-0.2, 0) is 7.05 Å². The molecule has 2 N–H and O–H groups in total. The summed E-state index contributed by atoms with van der Waals surface area (Å²) in [7, 11) is 1.87. The van der Waals surface area contributed by atoms with E-state index in [1.54, 1.807) is 4.68 Å². The van der Waals surface area contributed by atoms with E-state index < -0.39 is 0 Å². The maximum absolute atomic E-state index is 6.25. The van der Waals surface area contributed by atoms with Crippen LogP contribution in [0.1, 0.15) is 23.1 Å². The number of hydrogen-bond donors (Lipinski definition) is 1. The summed E-state index contributed by atoms with van der Waals surface area (Å²) >= 11 is 6.14. The molecule has 3 aromatic rings. The van der Waals surface area contributed by atoms with Gasteiger partial charge in [-0.25, -0.2) is 0 Å². The minimum Gasteiger partial charge on any atom is -0.459 e. The molecule has 0 spiro atoms. The molecule has 1 atom stereocenters. The van der Waals surface area contributed by atoms with Gasteiger partial charge in [0, 0.05) is 24.2 Å². The van der Waals surface area contributed by atoms with Crippen LogP contribution in [0.25, 0.3) is 11.0 Å². The highest BCUT2D eigenvalue weighted by molar-refractivity contribution is 6.35. The molecule has 3 rings (SSSR count). The number of hydrogen-bond acceptors (Lipinski definition) is 3. The van der Waals surface area contributed by atoms with Crippen molar-refractivity contribution < 1.29 is 4.42 Å². The molecule has 0 aliphatic rings. The predicted octanol–water partition coefficient (Wildman–Crippen LogP) is 3.18. The molecule has 0 fully saturated rings. The van der Waals surface area contributed by atoms with E-state index in [1.165, 1.54) is 0 Å². The van der Waals surface area contributed by atoms with Crippen LogP contribution in [0.4, 0.5) is 0 Å². The Hall–Kier alpha value is -1.78. The largest absolute Gasteiger partial charge is 0.459 e. The lowest BCUT2D eigenvalue weighted by molar-refractivity contribution is 0.524. The summed E-state index contributed by atoms with van der Waals surface area (Å²) in [6.07, 6.45) is 1.91. The van der Waals surface area contributed by atoms with Crippen molar-refractivity contribution in [3.63, 3.8) is 0 Å². The third-order valence-corrected chi connectivity index (χ3v) is 3.55. The summed E-state index contributed by atoms with van der Waals surface area (Å²) in [5.74, 6) is 0.694. The van der Waals surface area contributed by atoms with E-state index in [9.17, 15) is 0 Å². The van der Waals surface area contributed by atoms with Crippen molar-refractivity contribution in [2.24, 2.45) is 12.8 Å². The number of nitrogens with zero attached hydrogens (tertiary/aromatic N) is 2. The zero-order valence-electron chi connectivity index (χ0n) is 10.7. The van der Waals surface area contributed by atoms with Crippen LogP contribution in [-0.4, -0.2) is 9.78 Å². The van der Waals surface area contributed by atoms with E-state index in [-0.39, 0.29) is 6.04 Å². The Morgan fingerprint density at radius 1 is 1.42 bits per heavy atom. The highest BCUT2D eigenvalue weighted by Gasteiger charge is 2.19. The highest BCUT2D eigenvalue weighted by atomic mass is 35.5. The van der Waals surface area contributed by atoms with E-state index in [2.05, 4.69) is 5.10 Å². The third kappa shape index (κ3) is 2.03. The fraction of sp³-hybridized carbons (Fsp3) is 0.214. The molecule has 0 aliphatic heterocycles. The number of aromatic nitrogens is 2. The zero-order chi connectivity index (χ0) is 13.6. The summed E-state index contributed by atoms with van der Waals surface area (Å²) in [6.45, 7) is 1.94. The minimum atomic E-state index is -0.336. The molecular formula is C14H14ClN3O. The average molecular weight is 276 g/mol. The fourth-order valence-corrected chi connectivity index (χ4v) is 2.50. The lowest BCUT2D eigenvalue weighted by Gasteiger charge is -2.06. The van der Waals surface area contributed by atoms with Crippen molar-refractivity contribution in [2.75, 3.05) is 0 Å². The summed E-state index contributed by atoms with van der Waals surface area (Å²) < 4.78 is 7.53. The standard InChI is InChI=1S/C14H14ClN3O/c1-8-10(7-18(2)17-8)14(16)13-6-9-11(15)4-3-5-12(9)19-13/h3-7,14H,16H2,1-2H3. The molecule has 0 radical (unpaired) electrons. The van der Waals surface area contributed by atoms with Gasteiger partial charge in [-0.1, -0.05) is 17.7 Å². The monoisotopic (exact) mass is 275 g/mol. The van der Waals surface area contributed by atoms with Gasteiger partial charge in [-0.15, -0.1) is 0 Å². The molecule has 98 valence electrons. The fourth-order valence-electron chi connectivity index (χ4n) is 2.27. The number of halogens is 1. The van der Waals surface area contributed by atoms with Crippen molar-refractivity contribution in [1.29, 1.82) is 0 Å². The van der Waals surface area contributed by atoms with Gasteiger partial charge in [0.15, 0.2) is 0 Å².